The first-order chi connectivity index (χ1) is 10.0. The lowest BCUT2D eigenvalue weighted by Crippen LogP contribution is -2.30. The van der Waals surface area contributed by atoms with Crippen molar-refractivity contribution in [3.05, 3.63) is 29.6 Å². The van der Waals surface area contributed by atoms with Gasteiger partial charge in [-0.15, -0.1) is 0 Å². The summed E-state index contributed by atoms with van der Waals surface area (Å²) < 4.78 is 19.6. The molecule has 3 nitrogen and oxygen atoms in total. The third-order valence-corrected chi connectivity index (χ3v) is 3.85. The number of benzene rings is 1. The van der Waals surface area contributed by atoms with Gasteiger partial charge in [0.1, 0.15) is 17.7 Å². The summed E-state index contributed by atoms with van der Waals surface area (Å²) in [5.41, 5.74) is 0.863. The first kappa shape index (κ1) is 16.2. The van der Waals surface area contributed by atoms with E-state index in [1.165, 1.54) is 12.1 Å². The molecule has 0 heterocycles. The molecule has 0 radical (unpaired) electrons. The average Bonchev–Trinajstić information content (AvgIpc) is 2.61. The van der Waals surface area contributed by atoms with Crippen LogP contribution in [-0.4, -0.2) is 23.4 Å². The number of hydrogen-bond donors (Lipinski definition) is 2. The molecule has 2 N–H and O–H groups in total. The average molecular weight is 295 g/mol. The van der Waals surface area contributed by atoms with E-state index in [0.29, 0.717) is 18.3 Å². The predicted octanol–water partition coefficient (Wildman–Crippen LogP) is 3.40. The zero-order chi connectivity index (χ0) is 15.2. The highest BCUT2D eigenvalue weighted by Gasteiger charge is 2.23. The van der Waals surface area contributed by atoms with Crippen molar-refractivity contribution in [1.82, 2.24) is 5.32 Å². The minimum Gasteiger partial charge on any atom is -0.488 e. The summed E-state index contributed by atoms with van der Waals surface area (Å²) in [6.07, 6.45) is 4.14. The summed E-state index contributed by atoms with van der Waals surface area (Å²) in [6.45, 7) is 4.72. The van der Waals surface area contributed by atoms with Crippen LogP contribution in [0, 0.1) is 5.82 Å². The molecule has 1 aliphatic rings. The molecule has 21 heavy (non-hydrogen) atoms. The summed E-state index contributed by atoms with van der Waals surface area (Å²) in [6, 6.07) is 5.12. The molecule has 1 saturated carbocycles. The minimum atomic E-state index is -0.451. The Kier molecular flexibility index (Phi) is 6.00. The number of hydrogen-bond acceptors (Lipinski definition) is 3. The Bertz CT molecular complexity index is 450. The Morgan fingerprint density at radius 2 is 2.00 bits per heavy atom. The van der Waals surface area contributed by atoms with Gasteiger partial charge in [0.2, 0.25) is 0 Å². The first-order valence-electron chi connectivity index (χ1n) is 7.92. The van der Waals surface area contributed by atoms with Crippen LogP contribution in [0.15, 0.2) is 18.2 Å². The van der Waals surface area contributed by atoms with Gasteiger partial charge in [0.15, 0.2) is 0 Å². The molecular formula is C17H26FNO2. The molecule has 0 amide bonds. The van der Waals surface area contributed by atoms with E-state index in [1.807, 2.05) is 6.07 Å². The van der Waals surface area contributed by atoms with Gasteiger partial charge in [-0.3, -0.25) is 0 Å². The van der Waals surface area contributed by atoms with Crippen molar-refractivity contribution < 1.29 is 14.2 Å². The van der Waals surface area contributed by atoms with Gasteiger partial charge < -0.3 is 15.2 Å². The Balaban J connectivity index is 2.04. The molecular weight excluding hydrogens is 269 g/mol. The maximum atomic E-state index is 13.7. The summed E-state index contributed by atoms with van der Waals surface area (Å²) in [5.74, 6) is 0.220. The van der Waals surface area contributed by atoms with Crippen LogP contribution in [0.5, 0.6) is 5.75 Å². The fraction of sp³-hybridized carbons (Fsp3) is 0.647. The van der Waals surface area contributed by atoms with Crippen LogP contribution in [0.3, 0.4) is 0 Å². The number of aliphatic hydroxyl groups excluding tert-OH is 1. The highest BCUT2D eigenvalue weighted by Crippen LogP contribution is 2.25. The largest absolute Gasteiger partial charge is 0.488 e. The Morgan fingerprint density at radius 1 is 1.24 bits per heavy atom. The number of aliphatic hydroxyl groups is 1. The summed E-state index contributed by atoms with van der Waals surface area (Å²) in [5, 5.41) is 13.4. The molecule has 2 rings (SSSR count). The molecule has 1 aromatic carbocycles. The van der Waals surface area contributed by atoms with Gasteiger partial charge in [-0.25, -0.2) is 4.39 Å². The number of ether oxygens (including phenoxy) is 1. The molecule has 0 aliphatic heterocycles. The van der Waals surface area contributed by atoms with Gasteiger partial charge in [0.25, 0.3) is 0 Å². The third kappa shape index (κ3) is 5.29. The van der Waals surface area contributed by atoms with Crippen LogP contribution in [0.2, 0.25) is 0 Å². The van der Waals surface area contributed by atoms with Crippen molar-refractivity contribution in [2.24, 2.45) is 0 Å². The van der Waals surface area contributed by atoms with E-state index < -0.39 is 6.10 Å². The Morgan fingerprint density at radius 3 is 2.76 bits per heavy atom. The summed E-state index contributed by atoms with van der Waals surface area (Å²) in [7, 11) is 0. The topological polar surface area (TPSA) is 41.5 Å². The fourth-order valence-electron chi connectivity index (χ4n) is 2.68. The molecule has 118 valence electrons. The van der Waals surface area contributed by atoms with Crippen LogP contribution >= 0.6 is 0 Å². The number of nitrogens with one attached hydrogen (secondary N) is 1. The second-order valence-corrected chi connectivity index (χ2v) is 6.19. The molecule has 0 saturated heterocycles. The van der Waals surface area contributed by atoms with Crippen LogP contribution < -0.4 is 10.1 Å². The molecule has 2 atom stereocenters. The van der Waals surface area contributed by atoms with Crippen LogP contribution in [-0.2, 0) is 6.54 Å². The standard InChI is InChI=1S/C17H26FNO2/c1-12(2)19-11-13-8-14(18)10-15(9-13)21-17-7-5-3-4-6-16(17)20/h8-10,12,16-17,19-20H,3-7,11H2,1-2H3. The van der Waals surface area contributed by atoms with E-state index in [9.17, 15) is 9.50 Å². The first-order valence-corrected chi connectivity index (χ1v) is 7.92. The number of rotatable bonds is 5. The Hall–Kier alpha value is -1.13. The zero-order valence-electron chi connectivity index (χ0n) is 12.9. The quantitative estimate of drug-likeness (QED) is 0.818. The van der Waals surface area contributed by atoms with Gasteiger partial charge in [0.05, 0.1) is 6.10 Å². The van der Waals surface area contributed by atoms with Gasteiger partial charge in [-0.1, -0.05) is 26.7 Å². The molecule has 1 fully saturated rings. The molecule has 0 spiro atoms. The molecule has 0 aromatic heterocycles. The lowest BCUT2D eigenvalue weighted by Gasteiger charge is -2.22. The lowest BCUT2D eigenvalue weighted by molar-refractivity contribution is 0.0317. The second kappa shape index (κ2) is 7.76. The van der Waals surface area contributed by atoms with E-state index in [0.717, 1.165) is 37.7 Å². The molecule has 1 aromatic rings. The summed E-state index contributed by atoms with van der Waals surface area (Å²) in [4.78, 5) is 0. The van der Waals surface area contributed by atoms with Crippen molar-refractivity contribution in [3.8, 4) is 5.75 Å². The normalized spacial score (nSPS) is 23.1. The zero-order valence-corrected chi connectivity index (χ0v) is 12.9. The third-order valence-electron chi connectivity index (χ3n) is 3.85. The van der Waals surface area contributed by atoms with Crippen molar-refractivity contribution in [1.29, 1.82) is 0 Å². The predicted molar refractivity (Wildman–Crippen MR) is 81.9 cm³/mol. The van der Waals surface area contributed by atoms with Crippen molar-refractivity contribution >= 4 is 0 Å². The van der Waals surface area contributed by atoms with Crippen molar-refractivity contribution in [3.63, 3.8) is 0 Å². The van der Waals surface area contributed by atoms with Gasteiger partial charge in [-0.2, -0.15) is 0 Å². The van der Waals surface area contributed by atoms with Gasteiger partial charge >= 0.3 is 0 Å². The highest BCUT2D eigenvalue weighted by atomic mass is 19.1. The van der Waals surface area contributed by atoms with Crippen LogP contribution in [0.1, 0.15) is 51.5 Å². The molecule has 4 heteroatoms. The summed E-state index contributed by atoms with van der Waals surface area (Å²) >= 11 is 0. The molecule has 0 bridgehead atoms. The van der Waals surface area contributed by atoms with E-state index in [1.54, 1.807) is 0 Å². The van der Waals surface area contributed by atoms with Crippen LogP contribution in [0.4, 0.5) is 4.39 Å². The van der Waals surface area contributed by atoms with Gasteiger partial charge in [0, 0.05) is 18.7 Å². The maximum absolute atomic E-state index is 13.7. The fourth-order valence-corrected chi connectivity index (χ4v) is 2.68. The molecule has 2 unspecified atom stereocenters. The van der Waals surface area contributed by atoms with Crippen molar-refractivity contribution in [2.45, 2.75) is 70.7 Å². The van der Waals surface area contributed by atoms with E-state index in [-0.39, 0.29) is 11.9 Å². The van der Waals surface area contributed by atoms with Gasteiger partial charge in [-0.05, 0) is 37.0 Å². The van der Waals surface area contributed by atoms with Crippen molar-refractivity contribution in [2.75, 3.05) is 0 Å². The SMILES string of the molecule is CC(C)NCc1cc(F)cc(OC2CCCCCC2O)c1. The maximum Gasteiger partial charge on any atom is 0.127 e. The van der Waals surface area contributed by atoms with E-state index in [4.69, 9.17) is 4.74 Å². The Labute approximate surface area is 126 Å². The van der Waals surface area contributed by atoms with E-state index >= 15 is 0 Å². The second-order valence-electron chi connectivity index (χ2n) is 6.19. The minimum absolute atomic E-state index is 0.222. The number of halogens is 1. The monoisotopic (exact) mass is 295 g/mol. The van der Waals surface area contributed by atoms with E-state index in [2.05, 4.69) is 19.2 Å². The highest BCUT2D eigenvalue weighted by molar-refractivity contribution is 5.30. The molecule has 1 aliphatic carbocycles. The lowest BCUT2D eigenvalue weighted by atomic mass is 10.1. The van der Waals surface area contributed by atoms with Crippen LogP contribution in [0.25, 0.3) is 0 Å². The smallest absolute Gasteiger partial charge is 0.127 e.